The molecule has 1 aliphatic carbocycles. The van der Waals surface area contributed by atoms with Crippen LogP contribution in [-0.2, 0) is 6.42 Å². The predicted octanol–water partition coefficient (Wildman–Crippen LogP) is 4.03. The van der Waals surface area contributed by atoms with Crippen molar-refractivity contribution in [1.29, 1.82) is 0 Å². The molecule has 1 saturated carbocycles. The van der Waals surface area contributed by atoms with Gasteiger partial charge in [-0.3, -0.25) is 9.20 Å². The van der Waals surface area contributed by atoms with Crippen LogP contribution < -0.4 is 5.32 Å². The molecule has 4 nitrogen and oxygen atoms in total. The van der Waals surface area contributed by atoms with Crippen LogP contribution in [-0.4, -0.2) is 21.3 Å². The molecule has 2 aromatic heterocycles. The molecule has 5 heteroatoms. The van der Waals surface area contributed by atoms with E-state index >= 15 is 0 Å². The lowest BCUT2D eigenvalue weighted by Crippen LogP contribution is -2.37. The molecule has 1 N–H and O–H groups in total. The molecule has 0 unspecified atom stereocenters. The smallest absolute Gasteiger partial charge is 0.270 e. The number of aromatic nitrogens is 2. The molecule has 0 aromatic carbocycles. The van der Waals surface area contributed by atoms with Crippen LogP contribution in [0.1, 0.15) is 60.8 Å². The zero-order valence-corrected chi connectivity index (χ0v) is 14.7. The molecular formula is C17H22BrN3O. The Balaban J connectivity index is 1.99. The third-order valence-electron chi connectivity index (χ3n) is 4.37. The largest absolute Gasteiger partial charge is 0.348 e. The summed E-state index contributed by atoms with van der Waals surface area (Å²) in [7, 11) is 0. The van der Waals surface area contributed by atoms with Gasteiger partial charge in [-0.2, -0.15) is 0 Å². The highest BCUT2D eigenvalue weighted by molar-refractivity contribution is 9.10. The van der Waals surface area contributed by atoms with E-state index in [0.717, 1.165) is 40.6 Å². The Hall–Kier alpha value is -1.36. The van der Waals surface area contributed by atoms with Crippen LogP contribution in [0.25, 0.3) is 5.65 Å². The van der Waals surface area contributed by atoms with Gasteiger partial charge in [-0.15, -0.1) is 0 Å². The third kappa shape index (κ3) is 2.91. The van der Waals surface area contributed by atoms with Crippen molar-refractivity contribution in [2.75, 3.05) is 0 Å². The van der Waals surface area contributed by atoms with Crippen LogP contribution in [0, 0.1) is 6.92 Å². The number of nitrogens with zero attached hydrogens (tertiary/aromatic N) is 2. The van der Waals surface area contributed by atoms with Crippen LogP contribution in [0.3, 0.4) is 0 Å². The summed E-state index contributed by atoms with van der Waals surface area (Å²) in [6.45, 7) is 4.07. The standard InChI is InChI=1S/C17H22BrN3O/c1-3-14-15(17(22)19-12-7-5-4-6-8-12)21-10-11(2)9-13(18)16(21)20-14/h9-10,12H,3-8H2,1-2H3,(H,19,22). The molecule has 0 radical (unpaired) electrons. The van der Waals surface area contributed by atoms with Gasteiger partial charge in [-0.25, -0.2) is 4.98 Å². The minimum absolute atomic E-state index is 0.00810. The minimum Gasteiger partial charge on any atom is -0.348 e. The molecule has 3 rings (SSSR count). The zero-order chi connectivity index (χ0) is 15.7. The number of carbonyl (C=O) groups is 1. The van der Waals surface area contributed by atoms with Crippen molar-refractivity contribution in [3.05, 3.63) is 33.7 Å². The van der Waals surface area contributed by atoms with Gasteiger partial charge in [0.25, 0.3) is 5.91 Å². The summed E-state index contributed by atoms with van der Waals surface area (Å²) < 4.78 is 2.86. The van der Waals surface area contributed by atoms with Crippen LogP contribution in [0.2, 0.25) is 0 Å². The summed E-state index contributed by atoms with van der Waals surface area (Å²) >= 11 is 3.56. The van der Waals surface area contributed by atoms with E-state index in [0.29, 0.717) is 11.7 Å². The Morgan fingerprint density at radius 3 is 2.82 bits per heavy atom. The summed E-state index contributed by atoms with van der Waals surface area (Å²) in [4.78, 5) is 17.4. The van der Waals surface area contributed by atoms with Crippen LogP contribution in [0.4, 0.5) is 0 Å². The third-order valence-corrected chi connectivity index (χ3v) is 4.96. The maximum absolute atomic E-state index is 12.8. The van der Waals surface area contributed by atoms with E-state index in [4.69, 9.17) is 0 Å². The molecule has 0 spiro atoms. The van der Waals surface area contributed by atoms with E-state index in [1.54, 1.807) is 0 Å². The minimum atomic E-state index is 0.00810. The quantitative estimate of drug-likeness (QED) is 0.894. The fourth-order valence-corrected chi connectivity index (χ4v) is 3.91. The Morgan fingerprint density at radius 1 is 1.41 bits per heavy atom. The van der Waals surface area contributed by atoms with Crippen molar-refractivity contribution in [3.8, 4) is 0 Å². The molecule has 0 saturated heterocycles. The molecule has 22 heavy (non-hydrogen) atoms. The highest BCUT2D eigenvalue weighted by Gasteiger charge is 2.23. The van der Waals surface area contributed by atoms with E-state index in [9.17, 15) is 4.79 Å². The van der Waals surface area contributed by atoms with Gasteiger partial charge in [0.15, 0.2) is 5.65 Å². The lowest BCUT2D eigenvalue weighted by Gasteiger charge is -2.22. The van der Waals surface area contributed by atoms with Gasteiger partial charge in [0, 0.05) is 12.2 Å². The number of imidazole rings is 1. The van der Waals surface area contributed by atoms with Gasteiger partial charge in [0.1, 0.15) is 5.69 Å². The Bertz CT molecular complexity index is 701. The Morgan fingerprint density at radius 2 is 2.14 bits per heavy atom. The topological polar surface area (TPSA) is 46.4 Å². The number of nitrogens with one attached hydrogen (secondary N) is 1. The molecule has 2 heterocycles. The second kappa shape index (κ2) is 6.41. The van der Waals surface area contributed by atoms with Crippen molar-refractivity contribution in [3.63, 3.8) is 0 Å². The first-order valence-corrected chi connectivity index (χ1v) is 8.87. The number of halogens is 1. The lowest BCUT2D eigenvalue weighted by molar-refractivity contribution is 0.0920. The molecule has 2 aromatic rings. The first-order chi connectivity index (χ1) is 10.6. The van der Waals surface area contributed by atoms with E-state index in [1.165, 1.54) is 19.3 Å². The monoisotopic (exact) mass is 363 g/mol. The first-order valence-electron chi connectivity index (χ1n) is 8.08. The zero-order valence-electron chi connectivity index (χ0n) is 13.2. The van der Waals surface area contributed by atoms with Crippen molar-refractivity contribution >= 4 is 27.5 Å². The maximum atomic E-state index is 12.8. The van der Waals surface area contributed by atoms with Crippen molar-refractivity contribution < 1.29 is 4.79 Å². The van der Waals surface area contributed by atoms with Gasteiger partial charge in [0.2, 0.25) is 0 Å². The van der Waals surface area contributed by atoms with Gasteiger partial charge in [-0.05, 0) is 53.7 Å². The molecular weight excluding hydrogens is 342 g/mol. The van der Waals surface area contributed by atoms with Crippen LogP contribution in [0.15, 0.2) is 16.7 Å². The Kier molecular flexibility index (Phi) is 4.52. The molecule has 0 aliphatic heterocycles. The second-order valence-electron chi connectivity index (χ2n) is 6.13. The molecule has 0 atom stereocenters. The van der Waals surface area contributed by atoms with Crippen LogP contribution >= 0.6 is 15.9 Å². The molecule has 118 valence electrons. The number of fused-ring (bicyclic) bond motifs is 1. The van der Waals surface area contributed by atoms with Gasteiger partial charge >= 0.3 is 0 Å². The van der Waals surface area contributed by atoms with Crippen molar-refractivity contribution in [1.82, 2.24) is 14.7 Å². The predicted molar refractivity (Wildman–Crippen MR) is 91.3 cm³/mol. The number of amides is 1. The molecule has 1 aliphatic rings. The normalized spacial score (nSPS) is 16.1. The van der Waals surface area contributed by atoms with Crippen LogP contribution in [0.5, 0.6) is 0 Å². The number of hydrogen-bond acceptors (Lipinski definition) is 2. The summed E-state index contributed by atoms with van der Waals surface area (Å²) in [5, 5.41) is 3.21. The molecule has 1 fully saturated rings. The average Bonchev–Trinajstić information content (AvgIpc) is 2.87. The van der Waals surface area contributed by atoms with Gasteiger partial charge in [0.05, 0.1) is 10.2 Å². The summed E-state index contributed by atoms with van der Waals surface area (Å²) in [6.07, 6.45) is 8.63. The highest BCUT2D eigenvalue weighted by Crippen LogP contribution is 2.24. The SMILES string of the molecule is CCc1nc2c(Br)cc(C)cn2c1C(=O)NC1CCCCC1. The van der Waals surface area contributed by atoms with Gasteiger partial charge < -0.3 is 5.32 Å². The maximum Gasteiger partial charge on any atom is 0.270 e. The summed E-state index contributed by atoms with van der Waals surface area (Å²) in [6, 6.07) is 2.34. The fraction of sp³-hybridized carbons (Fsp3) is 0.529. The van der Waals surface area contributed by atoms with Crippen molar-refractivity contribution in [2.24, 2.45) is 0 Å². The number of pyridine rings is 1. The number of carbonyl (C=O) groups excluding carboxylic acids is 1. The van der Waals surface area contributed by atoms with Crippen molar-refractivity contribution in [2.45, 2.75) is 58.4 Å². The summed E-state index contributed by atoms with van der Waals surface area (Å²) in [5.41, 5.74) is 3.47. The average molecular weight is 364 g/mol. The lowest BCUT2D eigenvalue weighted by atomic mass is 9.95. The number of rotatable bonds is 3. The van der Waals surface area contributed by atoms with E-state index in [-0.39, 0.29) is 5.91 Å². The first kappa shape index (κ1) is 15.5. The Labute approximate surface area is 139 Å². The van der Waals surface area contributed by atoms with E-state index in [2.05, 4.69) is 26.2 Å². The van der Waals surface area contributed by atoms with E-state index < -0.39 is 0 Å². The van der Waals surface area contributed by atoms with Gasteiger partial charge in [-0.1, -0.05) is 26.2 Å². The summed E-state index contributed by atoms with van der Waals surface area (Å²) in [5.74, 6) is 0.00810. The number of hydrogen-bond donors (Lipinski definition) is 1. The second-order valence-corrected chi connectivity index (χ2v) is 6.98. The molecule has 0 bridgehead atoms. The number of aryl methyl sites for hydroxylation is 2. The fourth-order valence-electron chi connectivity index (χ4n) is 3.27. The van der Waals surface area contributed by atoms with E-state index in [1.807, 2.05) is 30.5 Å². The molecule has 1 amide bonds. The highest BCUT2D eigenvalue weighted by atomic mass is 79.9.